The van der Waals surface area contributed by atoms with Gasteiger partial charge >= 0.3 is 0 Å². The van der Waals surface area contributed by atoms with Crippen LogP contribution in [-0.2, 0) is 11.3 Å². The van der Waals surface area contributed by atoms with Gasteiger partial charge < -0.3 is 10.2 Å². The number of hydrogen-bond acceptors (Lipinski definition) is 6. The predicted molar refractivity (Wildman–Crippen MR) is 143 cm³/mol. The summed E-state index contributed by atoms with van der Waals surface area (Å²) >= 11 is 1.58. The lowest BCUT2D eigenvalue weighted by Gasteiger charge is -2.32. The number of anilines is 2. The van der Waals surface area contributed by atoms with Gasteiger partial charge in [-0.1, -0.05) is 6.07 Å². The number of hydrogen-bond donors (Lipinski definition) is 1. The van der Waals surface area contributed by atoms with Gasteiger partial charge in [0.05, 0.1) is 33.4 Å². The minimum absolute atomic E-state index is 0.00417. The van der Waals surface area contributed by atoms with E-state index in [-0.39, 0.29) is 18.0 Å². The minimum atomic E-state index is -0.637. The predicted octanol–water partition coefficient (Wildman–Crippen LogP) is 5.81. The number of fused-ring (bicyclic) bond motifs is 2. The number of halogens is 2. The Morgan fingerprint density at radius 1 is 0.973 bits per heavy atom. The van der Waals surface area contributed by atoms with E-state index in [2.05, 4.69) is 15.3 Å². The van der Waals surface area contributed by atoms with Crippen molar-refractivity contribution in [2.45, 2.75) is 6.54 Å². The van der Waals surface area contributed by atoms with Gasteiger partial charge in [0.1, 0.15) is 11.6 Å². The third kappa shape index (κ3) is 4.63. The molecule has 1 N–H and O–H groups in total. The maximum absolute atomic E-state index is 15.3. The fourth-order valence-electron chi connectivity index (χ4n) is 4.69. The molecule has 1 fully saturated rings. The summed E-state index contributed by atoms with van der Waals surface area (Å²) in [5, 5.41) is 4.15. The van der Waals surface area contributed by atoms with Crippen molar-refractivity contribution < 1.29 is 13.6 Å². The van der Waals surface area contributed by atoms with Crippen molar-refractivity contribution >= 4 is 49.7 Å². The second-order valence-electron chi connectivity index (χ2n) is 9.21. The van der Waals surface area contributed by atoms with E-state index >= 15 is 8.78 Å². The highest BCUT2D eigenvalue weighted by Gasteiger charge is 2.22. The van der Waals surface area contributed by atoms with Gasteiger partial charge in [-0.15, -0.1) is 11.3 Å². The average molecular weight is 516 g/mol. The molecule has 9 heteroatoms. The second-order valence-corrected chi connectivity index (χ2v) is 10.1. The van der Waals surface area contributed by atoms with Gasteiger partial charge in [-0.25, -0.2) is 13.8 Å². The molecule has 0 spiro atoms. The van der Waals surface area contributed by atoms with Crippen molar-refractivity contribution in [3.05, 3.63) is 83.5 Å². The Hall–Kier alpha value is -3.95. The number of nitrogens with one attached hydrogen (secondary N) is 1. The number of amides is 1. The topological polar surface area (TPSA) is 61.4 Å². The van der Waals surface area contributed by atoms with Gasteiger partial charge in [0.25, 0.3) is 0 Å². The Morgan fingerprint density at radius 3 is 2.62 bits per heavy atom. The van der Waals surface area contributed by atoms with E-state index in [9.17, 15) is 4.79 Å². The summed E-state index contributed by atoms with van der Waals surface area (Å²) < 4.78 is 31.7. The van der Waals surface area contributed by atoms with Crippen LogP contribution in [-0.4, -0.2) is 52.4 Å². The average Bonchev–Trinajstić information content (AvgIpc) is 3.34. The van der Waals surface area contributed by atoms with Crippen LogP contribution in [0.2, 0.25) is 0 Å². The van der Waals surface area contributed by atoms with Crippen LogP contribution in [0, 0.1) is 11.6 Å². The number of likely N-dealkylation sites (N-methyl/N-ethyl adjacent to an activating group) is 1. The summed E-state index contributed by atoms with van der Waals surface area (Å²) in [6, 6.07) is 15.7. The molecule has 6 nitrogen and oxygen atoms in total. The molecule has 0 atom stereocenters. The molecular formula is C28H23F2N5OS. The highest BCUT2D eigenvalue weighted by atomic mass is 32.1. The van der Waals surface area contributed by atoms with Crippen molar-refractivity contribution in [3.63, 3.8) is 0 Å². The van der Waals surface area contributed by atoms with Crippen LogP contribution in [0.25, 0.3) is 32.2 Å². The van der Waals surface area contributed by atoms with Crippen LogP contribution in [0.15, 0.2) is 66.3 Å². The van der Waals surface area contributed by atoms with E-state index in [1.165, 1.54) is 12.1 Å². The first-order valence-corrected chi connectivity index (χ1v) is 12.8. The molecule has 0 radical (unpaired) electrons. The number of piperazine rings is 1. The largest absolute Gasteiger partial charge is 0.355 e. The molecule has 6 rings (SSSR count). The zero-order valence-electron chi connectivity index (χ0n) is 20.0. The van der Waals surface area contributed by atoms with E-state index in [1.807, 2.05) is 34.7 Å². The third-order valence-electron chi connectivity index (χ3n) is 6.68. The number of thiazole rings is 1. The van der Waals surface area contributed by atoms with E-state index in [4.69, 9.17) is 0 Å². The van der Waals surface area contributed by atoms with Crippen LogP contribution >= 0.6 is 11.3 Å². The molecular weight excluding hydrogens is 492 g/mol. The van der Waals surface area contributed by atoms with Gasteiger partial charge in [0, 0.05) is 49.6 Å². The molecule has 3 aromatic carbocycles. The summed E-state index contributed by atoms with van der Waals surface area (Å²) in [5.41, 5.74) is 5.90. The molecule has 1 amide bonds. The Balaban J connectivity index is 1.31. The van der Waals surface area contributed by atoms with Crippen LogP contribution in [0.5, 0.6) is 0 Å². The molecule has 186 valence electrons. The van der Waals surface area contributed by atoms with Gasteiger partial charge in [0.2, 0.25) is 5.91 Å². The fraction of sp³-hybridized carbons (Fsp3) is 0.179. The molecule has 0 bridgehead atoms. The Morgan fingerprint density at radius 2 is 1.81 bits per heavy atom. The van der Waals surface area contributed by atoms with Crippen molar-refractivity contribution in [1.29, 1.82) is 0 Å². The summed E-state index contributed by atoms with van der Waals surface area (Å²) in [4.78, 5) is 24.3. The number of carbonyl (C=O) groups is 1. The third-order valence-corrected chi connectivity index (χ3v) is 7.49. The summed E-state index contributed by atoms with van der Waals surface area (Å²) in [6.07, 6.45) is 1.70. The number of benzene rings is 3. The smallest absolute Gasteiger partial charge is 0.236 e. The van der Waals surface area contributed by atoms with Crippen molar-refractivity contribution in [2.24, 2.45) is 0 Å². The van der Waals surface area contributed by atoms with Crippen LogP contribution in [0.1, 0.15) is 5.56 Å². The summed E-state index contributed by atoms with van der Waals surface area (Å²) in [6.45, 7) is 1.81. The maximum atomic E-state index is 15.3. The van der Waals surface area contributed by atoms with E-state index in [0.717, 1.165) is 27.0 Å². The minimum Gasteiger partial charge on any atom is -0.355 e. The molecule has 0 aliphatic carbocycles. The lowest BCUT2D eigenvalue weighted by atomic mass is 9.99. The van der Waals surface area contributed by atoms with Gasteiger partial charge in [-0.3, -0.25) is 14.7 Å². The lowest BCUT2D eigenvalue weighted by Crippen LogP contribution is -2.47. The van der Waals surface area contributed by atoms with E-state index in [1.54, 1.807) is 47.7 Å². The first-order valence-electron chi connectivity index (χ1n) is 11.9. The monoisotopic (exact) mass is 515 g/mol. The molecule has 0 unspecified atom stereocenters. The first-order chi connectivity index (χ1) is 17.9. The SMILES string of the molecule is CN1CCN(Cc2cc(F)c(-c3ccc4nccc(Nc5ccc6scnc6c5)c4c3)c(F)c2)CC1=O. The quantitative estimate of drug-likeness (QED) is 0.320. The van der Waals surface area contributed by atoms with E-state index < -0.39 is 11.6 Å². The zero-order chi connectivity index (χ0) is 25.5. The standard InChI is InChI=1S/C28H23F2N5OS/c1-34-8-9-35(15-27(34)36)14-17-10-21(29)28(22(30)11-17)18-2-4-23-20(12-18)24(6-7-31-23)33-19-3-5-26-25(13-19)32-16-37-26/h2-7,10-13,16H,8-9,14-15H2,1H3,(H,31,33). The number of pyridine rings is 1. The molecule has 3 heterocycles. The number of rotatable bonds is 5. The Labute approximate surface area is 216 Å². The zero-order valence-corrected chi connectivity index (χ0v) is 20.9. The Kier molecular flexibility index (Phi) is 6.02. The number of nitrogens with zero attached hydrogens (tertiary/aromatic N) is 4. The first kappa shape index (κ1) is 23.4. The molecule has 2 aromatic heterocycles. The van der Waals surface area contributed by atoms with Crippen LogP contribution in [0.4, 0.5) is 20.2 Å². The highest BCUT2D eigenvalue weighted by Crippen LogP contribution is 2.34. The molecule has 5 aromatic rings. The fourth-order valence-corrected chi connectivity index (χ4v) is 5.35. The molecule has 1 saturated heterocycles. The van der Waals surface area contributed by atoms with Gasteiger partial charge in [-0.05, 0) is 59.7 Å². The van der Waals surface area contributed by atoms with Gasteiger partial charge in [0.15, 0.2) is 0 Å². The van der Waals surface area contributed by atoms with Crippen molar-refractivity contribution in [2.75, 3.05) is 32.0 Å². The van der Waals surface area contributed by atoms with Crippen molar-refractivity contribution in [3.8, 4) is 11.1 Å². The highest BCUT2D eigenvalue weighted by molar-refractivity contribution is 7.16. The van der Waals surface area contributed by atoms with Gasteiger partial charge in [-0.2, -0.15) is 0 Å². The van der Waals surface area contributed by atoms with Crippen LogP contribution < -0.4 is 5.32 Å². The van der Waals surface area contributed by atoms with E-state index in [0.29, 0.717) is 36.3 Å². The summed E-state index contributed by atoms with van der Waals surface area (Å²) in [7, 11) is 1.76. The lowest BCUT2D eigenvalue weighted by molar-refractivity contribution is -0.134. The molecule has 1 aliphatic heterocycles. The van der Waals surface area contributed by atoms with Crippen molar-refractivity contribution in [1.82, 2.24) is 19.8 Å². The Bertz CT molecular complexity index is 1630. The molecule has 1 aliphatic rings. The normalized spacial score (nSPS) is 14.6. The molecule has 0 saturated carbocycles. The molecule has 37 heavy (non-hydrogen) atoms. The number of aromatic nitrogens is 2. The maximum Gasteiger partial charge on any atom is 0.236 e. The summed E-state index contributed by atoms with van der Waals surface area (Å²) in [5.74, 6) is -1.27. The second kappa shape index (κ2) is 9.49. The van der Waals surface area contributed by atoms with Crippen LogP contribution in [0.3, 0.4) is 0 Å². The number of carbonyl (C=O) groups excluding carboxylic acids is 1.